The fourth-order valence-corrected chi connectivity index (χ4v) is 1.17. The molecule has 0 spiro atoms. The second-order valence-electron chi connectivity index (χ2n) is 3.47. The van der Waals surface area contributed by atoms with Crippen LogP contribution in [-0.4, -0.2) is 6.04 Å². The van der Waals surface area contributed by atoms with Crippen LogP contribution < -0.4 is 11.1 Å². The van der Waals surface area contributed by atoms with E-state index in [1.54, 1.807) is 6.08 Å². The maximum atomic E-state index is 12.3. The number of alkyl halides is 3. The summed E-state index contributed by atoms with van der Waals surface area (Å²) < 4.78 is 37.0. The lowest BCUT2D eigenvalue weighted by molar-refractivity contribution is -0.137. The zero-order valence-corrected chi connectivity index (χ0v) is 8.81. The number of hydrogen-bond donors (Lipinski definition) is 2. The van der Waals surface area contributed by atoms with Crippen LogP contribution in [0.2, 0.25) is 0 Å². The Labute approximate surface area is 92.0 Å². The summed E-state index contributed by atoms with van der Waals surface area (Å²) in [6.45, 7) is 5.38. The molecule has 5 heteroatoms. The summed E-state index contributed by atoms with van der Waals surface area (Å²) in [5, 5.41) is 2.93. The molecule has 0 saturated heterocycles. The topological polar surface area (TPSA) is 38.0 Å². The summed E-state index contributed by atoms with van der Waals surface area (Å²) in [4.78, 5) is 0. The zero-order chi connectivity index (χ0) is 12.3. The van der Waals surface area contributed by atoms with Gasteiger partial charge in [-0.1, -0.05) is 6.08 Å². The van der Waals surface area contributed by atoms with Crippen molar-refractivity contribution in [3.8, 4) is 0 Å². The van der Waals surface area contributed by atoms with Gasteiger partial charge < -0.3 is 11.1 Å². The summed E-state index contributed by atoms with van der Waals surface area (Å²) in [5.74, 6) is 0. The highest BCUT2D eigenvalue weighted by Crippen LogP contribution is 2.32. The number of nitrogen functional groups attached to an aromatic ring is 1. The maximum Gasteiger partial charge on any atom is 0.416 e. The first-order valence-corrected chi connectivity index (χ1v) is 4.70. The number of nitrogens with two attached hydrogens (primary N) is 1. The third-order valence-corrected chi connectivity index (χ3v) is 2.12. The highest BCUT2D eigenvalue weighted by molar-refractivity contribution is 5.67. The van der Waals surface area contributed by atoms with Gasteiger partial charge >= 0.3 is 6.18 Å². The molecule has 0 heterocycles. The van der Waals surface area contributed by atoms with Crippen molar-refractivity contribution in [2.45, 2.75) is 19.1 Å². The Bertz CT molecular complexity index is 385. The van der Waals surface area contributed by atoms with E-state index < -0.39 is 11.7 Å². The monoisotopic (exact) mass is 230 g/mol. The van der Waals surface area contributed by atoms with Crippen LogP contribution in [0.15, 0.2) is 30.9 Å². The van der Waals surface area contributed by atoms with Crippen molar-refractivity contribution in [2.75, 3.05) is 11.1 Å². The van der Waals surface area contributed by atoms with Crippen molar-refractivity contribution >= 4 is 11.4 Å². The molecule has 1 atom stereocenters. The lowest BCUT2D eigenvalue weighted by atomic mass is 10.1. The molecule has 3 N–H and O–H groups in total. The van der Waals surface area contributed by atoms with Crippen LogP contribution in [0.1, 0.15) is 12.5 Å². The largest absolute Gasteiger partial charge is 0.416 e. The van der Waals surface area contributed by atoms with Gasteiger partial charge in [0, 0.05) is 6.04 Å². The SMILES string of the molecule is C=CC(C)Nc1ccc(C(F)(F)F)cc1N. The molecule has 0 saturated carbocycles. The minimum Gasteiger partial charge on any atom is -0.397 e. The summed E-state index contributed by atoms with van der Waals surface area (Å²) in [6.07, 6.45) is -2.73. The molecule has 0 radical (unpaired) electrons. The molecule has 88 valence electrons. The Hall–Kier alpha value is -1.65. The smallest absolute Gasteiger partial charge is 0.397 e. The van der Waals surface area contributed by atoms with E-state index in [9.17, 15) is 13.2 Å². The van der Waals surface area contributed by atoms with Crippen LogP contribution in [0.5, 0.6) is 0 Å². The molecule has 0 aromatic heterocycles. The average Bonchev–Trinajstić information content (AvgIpc) is 2.19. The Morgan fingerprint density at radius 1 is 1.44 bits per heavy atom. The molecule has 0 bridgehead atoms. The van der Waals surface area contributed by atoms with E-state index in [-0.39, 0.29) is 11.7 Å². The van der Waals surface area contributed by atoms with E-state index in [1.165, 1.54) is 6.07 Å². The van der Waals surface area contributed by atoms with Crippen LogP contribution >= 0.6 is 0 Å². The summed E-state index contributed by atoms with van der Waals surface area (Å²) in [6, 6.07) is 3.17. The van der Waals surface area contributed by atoms with Gasteiger partial charge in [0.2, 0.25) is 0 Å². The second kappa shape index (κ2) is 4.47. The van der Waals surface area contributed by atoms with Gasteiger partial charge in [-0.3, -0.25) is 0 Å². The normalized spacial score (nSPS) is 13.2. The third kappa shape index (κ3) is 2.92. The Balaban J connectivity index is 2.96. The number of nitrogens with one attached hydrogen (secondary N) is 1. The van der Waals surface area contributed by atoms with Crippen LogP contribution in [0.3, 0.4) is 0 Å². The van der Waals surface area contributed by atoms with Crippen LogP contribution in [-0.2, 0) is 6.18 Å². The number of halogens is 3. The van der Waals surface area contributed by atoms with Gasteiger partial charge in [0.05, 0.1) is 16.9 Å². The zero-order valence-electron chi connectivity index (χ0n) is 8.81. The van der Waals surface area contributed by atoms with Gasteiger partial charge in [-0.05, 0) is 25.1 Å². The molecule has 1 unspecified atom stereocenters. The second-order valence-corrected chi connectivity index (χ2v) is 3.47. The van der Waals surface area contributed by atoms with Crippen molar-refractivity contribution in [3.63, 3.8) is 0 Å². The standard InChI is InChI=1S/C11H13F3N2/c1-3-7(2)16-10-5-4-8(6-9(10)15)11(12,13)14/h3-7,16H,1,15H2,2H3. The van der Waals surface area contributed by atoms with Crippen LogP contribution in [0, 0.1) is 0 Å². The van der Waals surface area contributed by atoms with Gasteiger partial charge in [0.25, 0.3) is 0 Å². The lowest BCUT2D eigenvalue weighted by Gasteiger charge is -2.15. The van der Waals surface area contributed by atoms with E-state index in [4.69, 9.17) is 5.73 Å². The third-order valence-electron chi connectivity index (χ3n) is 2.12. The quantitative estimate of drug-likeness (QED) is 0.617. The van der Waals surface area contributed by atoms with Crippen molar-refractivity contribution in [1.29, 1.82) is 0 Å². The molecule has 1 aromatic rings. The highest BCUT2D eigenvalue weighted by Gasteiger charge is 2.30. The first-order chi connectivity index (χ1) is 7.34. The van der Waals surface area contributed by atoms with E-state index in [2.05, 4.69) is 11.9 Å². The number of benzene rings is 1. The number of rotatable bonds is 3. The fourth-order valence-electron chi connectivity index (χ4n) is 1.17. The molecule has 1 aromatic carbocycles. The van der Waals surface area contributed by atoms with Crippen LogP contribution in [0.4, 0.5) is 24.5 Å². The predicted molar refractivity (Wildman–Crippen MR) is 59.1 cm³/mol. The Morgan fingerprint density at radius 3 is 2.50 bits per heavy atom. The van der Waals surface area contributed by atoms with Crippen molar-refractivity contribution in [3.05, 3.63) is 36.4 Å². The van der Waals surface area contributed by atoms with Gasteiger partial charge in [0.1, 0.15) is 0 Å². The highest BCUT2D eigenvalue weighted by atomic mass is 19.4. The molecule has 0 aliphatic rings. The van der Waals surface area contributed by atoms with E-state index >= 15 is 0 Å². The van der Waals surface area contributed by atoms with Gasteiger partial charge in [-0.15, -0.1) is 6.58 Å². The molecule has 0 fully saturated rings. The first kappa shape index (κ1) is 12.4. The molecule has 16 heavy (non-hydrogen) atoms. The predicted octanol–water partition coefficient (Wildman–Crippen LogP) is 3.27. The summed E-state index contributed by atoms with van der Waals surface area (Å²) in [7, 11) is 0. The lowest BCUT2D eigenvalue weighted by Crippen LogP contribution is -2.13. The van der Waals surface area contributed by atoms with Crippen LogP contribution in [0.25, 0.3) is 0 Å². The molecular weight excluding hydrogens is 217 g/mol. The minimum atomic E-state index is -4.36. The Morgan fingerprint density at radius 2 is 2.06 bits per heavy atom. The Kier molecular flexibility index (Phi) is 3.47. The van der Waals surface area contributed by atoms with Crippen molar-refractivity contribution < 1.29 is 13.2 Å². The van der Waals surface area contributed by atoms with Gasteiger partial charge in [0.15, 0.2) is 0 Å². The summed E-state index contributed by atoms with van der Waals surface area (Å²) in [5.41, 5.74) is 5.32. The van der Waals surface area contributed by atoms with E-state index in [0.29, 0.717) is 5.69 Å². The minimum absolute atomic E-state index is 0.0564. The molecule has 1 rings (SSSR count). The van der Waals surface area contributed by atoms with Crippen molar-refractivity contribution in [1.82, 2.24) is 0 Å². The van der Waals surface area contributed by atoms with E-state index in [0.717, 1.165) is 12.1 Å². The molecule has 0 aliphatic carbocycles. The number of hydrogen-bond acceptors (Lipinski definition) is 2. The first-order valence-electron chi connectivity index (χ1n) is 4.70. The van der Waals surface area contributed by atoms with Gasteiger partial charge in [-0.25, -0.2) is 0 Å². The average molecular weight is 230 g/mol. The molecule has 0 amide bonds. The van der Waals surface area contributed by atoms with Gasteiger partial charge in [-0.2, -0.15) is 13.2 Å². The number of anilines is 2. The molecular formula is C11H13F3N2. The summed E-state index contributed by atoms with van der Waals surface area (Å²) >= 11 is 0. The molecule has 0 aliphatic heterocycles. The maximum absolute atomic E-state index is 12.3. The van der Waals surface area contributed by atoms with E-state index in [1.807, 2.05) is 6.92 Å². The molecule has 2 nitrogen and oxygen atoms in total. The fraction of sp³-hybridized carbons (Fsp3) is 0.273. The van der Waals surface area contributed by atoms with Crippen molar-refractivity contribution in [2.24, 2.45) is 0 Å².